The summed E-state index contributed by atoms with van der Waals surface area (Å²) in [4.78, 5) is -0.426. The standard InChI is InChI=1S/C20H20ClF3O5S2/c1-19(31(27,28)15-5-3-4-13(10-15)20(22,23)24)8-9-29-18(12-19)16-11-14(30(2,25)26)6-7-17(16)21/h3-7,10-11,18H,8-9,12H2,1-2H3. The summed E-state index contributed by atoms with van der Waals surface area (Å²) in [5.41, 5.74) is -0.737. The van der Waals surface area contributed by atoms with Gasteiger partial charge in [0.05, 0.1) is 26.2 Å². The first kappa shape index (κ1) is 24.0. The van der Waals surface area contributed by atoms with Crippen LogP contribution in [0.1, 0.15) is 37.0 Å². The van der Waals surface area contributed by atoms with Crippen molar-refractivity contribution < 1.29 is 34.7 Å². The summed E-state index contributed by atoms with van der Waals surface area (Å²) >= 11 is 6.23. The average Bonchev–Trinajstić information content (AvgIpc) is 2.67. The van der Waals surface area contributed by atoms with Crippen molar-refractivity contribution in [2.45, 2.75) is 46.6 Å². The van der Waals surface area contributed by atoms with E-state index < -0.39 is 47.2 Å². The Morgan fingerprint density at radius 3 is 2.35 bits per heavy atom. The highest BCUT2D eigenvalue weighted by molar-refractivity contribution is 7.92. The molecule has 2 unspecified atom stereocenters. The lowest BCUT2D eigenvalue weighted by Gasteiger charge is -2.38. The molecular weight excluding hydrogens is 477 g/mol. The van der Waals surface area contributed by atoms with Crippen LogP contribution in [-0.4, -0.2) is 34.4 Å². The molecule has 0 aliphatic carbocycles. The number of sulfone groups is 2. The first-order valence-electron chi connectivity index (χ1n) is 9.18. The number of ether oxygens (including phenoxy) is 1. The summed E-state index contributed by atoms with van der Waals surface area (Å²) in [5.74, 6) is 0. The van der Waals surface area contributed by atoms with Crippen LogP contribution in [-0.2, 0) is 30.6 Å². The number of alkyl halides is 3. The maximum atomic E-state index is 13.3. The Kier molecular flexibility index (Phi) is 6.25. The fourth-order valence-corrected chi connectivity index (χ4v) is 6.26. The van der Waals surface area contributed by atoms with Crippen LogP contribution in [0, 0.1) is 0 Å². The lowest BCUT2D eigenvalue weighted by Crippen LogP contribution is -2.42. The molecule has 1 aliphatic rings. The van der Waals surface area contributed by atoms with Gasteiger partial charge in [0.1, 0.15) is 0 Å². The lowest BCUT2D eigenvalue weighted by atomic mass is 9.92. The molecule has 2 aromatic rings. The molecule has 0 spiro atoms. The van der Waals surface area contributed by atoms with Crippen molar-refractivity contribution in [3.05, 3.63) is 58.6 Å². The maximum Gasteiger partial charge on any atom is 0.416 e. The molecule has 11 heteroatoms. The van der Waals surface area contributed by atoms with E-state index in [0.717, 1.165) is 24.5 Å². The normalized spacial score (nSPS) is 23.0. The minimum atomic E-state index is -4.68. The zero-order chi connectivity index (χ0) is 23.2. The van der Waals surface area contributed by atoms with E-state index in [4.69, 9.17) is 16.3 Å². The van der Waals surface area contributed by atoms with Gasteiger partial charge in [-0.2, -0.15) is 13.2 Å². The molecule has 1 fully saturated rings. The van der Waals surface area contributed by atoms with Gasteiger partial charge in [0, 0.05) is 23.4 Å². The predicted octanol–water partition coefficient (Wildman–Crippen LogP) is 4.85. The van der Waals surface area contributed by atoms with Crippen molar-refractivity contribution in [3.63, 3.8) is 0 Å². The average molecular weight is 497 g/mol. The summed E-state index contributed by atoms with van der Waals surface area (Å²) in [5, 5.41) is 0.207. The molecule has 2 aromatic carbocycles. The number of benzene rings is 2. The zero-order valence-corrected chi connectivity index (χ0v) is 19.0. The quantitative estimate of drug-likeness (QED) is 0.605. The van der Waals surface area contributed by atoms with Crippen molar-refractivity contribution in [1.82, 2.24) is 0 Å². The molecule has 2 atom stereocenters. The van der Waals surface area contributed by atoms with E-state index in [0.29, 0.717) is 11.6 Å². The molecule has 0 amide bonds. The van der Waals surface area contributed by atoms with E-state index in [2.05, 4.69) is 0 Å². The Labute approximate surface area is 184 Å². The maximum absolute atomic E-state index is 13.3. The molecule has 31 heavy (non-hydrogen) atoms. The van der Waals surface area contributed by atoms with Gasteiger partial charge in [0.25, 0.3) is 0 Å². The topological polar surface area (TPSA) is 77.5 Å². The van der Waals surface area contributed by atoms with Crippen molar-refractivity contribution in [1.29, 1.82) is 0 Å². The highest BCUT2D eigenvalue weighted by Gasteiger charge is 2.46. The summed E-state index contributed by atoms with van der Waals surface area (Å²) in [7, 11) is -7.72. The monoisotopic (exact) mass is 496 g/mol. The van der Waals surface area contributed by atoms with Gasteiger partial charge in [0.15, 0.2) is 19.7 Å². The van der Waals surface area contributed by atoms with Gasteiger partial charge in [-0.25, -0.2) is 16.8 Å². The molecule has 3 rings (SSSR count). The van der Waals surface area contributed by atoms with Crippen LogP contribution >= 0.6 is 11.6 Å². The lowest BCUT2D eigenvalue weighted by molar-refractivity contribution is -0.137. The summed E-state index contributed by atoms with van der Waals surface area (Å²) in [6.07, 6.45) is -4.52. The molecule has 0 radical (unpaired) electrons. The number of rotatable bonds is 4. The third-order valence-corrected chi connectivity index (χ3v) is 9.43. The Hall–Kier alpha value is -1.62. The largest absolute Gasteiger partial charge is 0.416 e. The third-order valence-electron chi connectivity index (χ3n) is 5.43. The van der Waals surface area contributed by atoms with Gasteiger partial charge in [-0.05, 0) is 56.2 Å². The Morgan fingerprint density at radius 2 is 1.74 bits per heavy atom. The fraction of sp³-hybridized carbons (Fsp3) is 0.400. The van der Waals surface area contributed by atoms with E-state index in [1.165, 1.54) is 25.1 Å². The molecule has 1 heterocycles. The van der Waals surface area contributed by atoms with Crippen LogP contribution in [0.3, 0.4) is 0 Å². The van der Waals surface area contributed by atoms with Gasteiger partial charge in [0.2, 0.25) is 0 Å². The van der Waals surface area contributed by atoms with Gasteiger partial charge in [-0.15, -0.1) is 0 Å². The first-order valence-corrected chi connectivity index (χ1v) is 12.9. The van der Waals surface area contributed by atoms with Crippen LogP contribution in [0.2, 0.25) is 5.02 Å². The van der Waals surface area contributed by atoms with Crippen LogP contribution in [0.4, 0.5) is 13.2 Å². The minimum absolute atomic E-state index is 0.00325. The van der Waals surface area contributed by atoms with Gasteiger partial charge in [-0.3, -0.25) is 0 Å². The van der Waals surface area contributed by atoms with Crippen molar-refractivity contribution >= 4 is 31.3 Å². The highest BCUT2D eigenvalue weighted by Crippen LogP contribution is 2.44. The summed E-state index contributed by atoms with van der Waals surface area (Å²) < 4.78 is 93.9. The molecule has 1 saturated heterocycles. The molecular formula is C20H20ClF3O5S2. The zero-order valence-electron chi connectivity index (χ0n) is 16.6. The highest BCUT2D eigenvalue weighted by atomic mass is 35.5. The van der Waals surface area contributed by atoms with Crippen molar-refractivity contribution in [2.24, 2.45) is 0 Å². The second-order valence-corrected chi connectivity index (χ2v) is 12.6. The van der Waals surface area contributed by atoms with Crippen LogP contribution < -0.4 is 0 Å². The molecule has 0 aromatic heterocycles. The molecule has 0 N–H and O–H groups in total. The minimum Gasteiger partial charge on any atom is -0.373 e. The summed E-state index contributed by atoms with van der Waals surface area (Å²) in [6, 6.07) is 7.70. The van der Waals surface area contributed by atoms with Crippen LogP contribution in [0.5, 0.6) is 0 Å². The van der Waals surface area contributed by atoms with E-state index in [9.17, 15) is 30.0 Å². The second-order valence-electron chi connectivity index (χ2n) is 7.75. The molecule has 0 saturated carbocycles. The van der Waals surface area contributed by atoms with E-state index in [-0.39, 0.29) is 29.4 Å². The predicted molar refractivity (Wildman–Crippen MR) is 110 cm³/mol. The Bertz CT molecular complexity index is 1210. The Morgan fingerprint density at radius 1 is 1.06 bits per heavy atom. The summed E-state index contributed by atoms with van der Waals surface area (Å²) in [6.45, 7) is 1.46. The number of halogens is 4. The Balaban J connectivity index is 2.01. The van der Waals surface area contributed by atoms with E-state index in [1.54, 1.807) is 0 Å². The van der Waals surface area contributed by atoms with Crippen molar-refractivity contribution in [3.8, 4) is 0 Å². The van der Waals surface area contributed by atoms with Crippen LogP contribution in [0.15, 0.2) is 52.3 Å². The third kappa shape index (κ3) is 4.76. The van der Waals surface area contributed by atoms with E-state index >= 15 is 0 Å². The first-order chi connectivity index (χ1) is 14.1. The van der Waals surface area contributed by atoms with E-state index in [1.807, 2.05) is 0 Å². The van der Waals surface area contributed by atoms with Crippen LogP contribution in [0.25, 0.3) is 0 Å². The van der Waals surface area contributed by atoms with Crippen molar-refractivity contribution in [2.75, 3.05) is 12.9 Å². The van der Waals surface area contributed by atoms with Gasteiger partial charge < -0.3 is 4.74 Å². The second kappa shape index (κ2) is 8.06. The van der Waals surface area contributed by atoms with Gasteiger partial charge >= 0.3 is 6.18 Å². The molecule has 0 bridgehead atoms. The number of hydrogen-bond acceptors (Lipinski definition) is 5. The smallest absolute Gasteiger partial charge is 0.373 e. The number of hydrogen-bond donors (Lipinski definition) is 0. The molecule has 170 valence electrons. The SMILES string of the molecule is CC1(S(=O)(=O)c2cccc(C(F)(F)F)c2)CCOC(c2cc(S(C)(=O)=O)ccc2Cl)C1. The van der Waals surface area contributed by atoms with Gasteiger partial charge in [-0.1, -0.05) is 17.7 Å². The molecule has 1 aliphatic heterocycles. The molecule has 5 nitrogen and oxygen atoms in total. The fourth-order valence-electron chi connectivity index (χ4n) is 3.54.